The van der Waals surface area contributed by atoms with E-state index in [1.165, 1.54) is 0 Å². The van der Waals surface area contributed by atoms with Crippen LogP contribution in [0.25, 0.3) is 0 Å². The fraction of sp³-hybridized carbons (Fsp3) is 0.909. The molecule has 0 fully saturated rings. The maximum absolute atomic E-state index is 11.6. The lowest BCUT2D eigenvalue weighted by atomic mass is 10.2. The van der Waals surface area contributed by atoms with Gasteiger partial charge in [-0.25, -0.2) is 0 Å². The maximum Gasteiger partial charge on any atom is 0.223 e. The maximum atomic E-state index is 11.6. The minimum absolute atomic E-state index is 0. The molecular weight excluding hydrogens is 212 g/mol. The Morgan fingerprint density at radius 1 is 1.13 bits per heavy atom. The fourth-order valence-corrected chi connectivity index (χ4v) is 1.34. The molecule has 0 saturated heterocycles. The number of unbranched alkanes of at least 4 members (excludes halogenated alkanes) is 2. The van der Waals surface area contributed by atoms with Crippen molar-refractivity contribution in [2.24, 2.45) is 5.73 Å². The highest BCUT2D eigenvalue weighted by Crippen LogP contribution is 2.01. The molecule has 92 valence electrons. The van der Waals surface area contributed by atoms with Crippen LogP contribution in [-0.4, -0.2) is 30.4 Å². The number of amides is 1. The molecule has 0 aliphatic rings. The van der Waals surface area contributed by atoms with E-state index in [2.05, 4.69) is 13.8 Å². The van der Waals surface area contributed by atoms with Gasteiger partial charge in [0.1, 0.15) is 0 Å². The summed E-state index contributed by atoms with van der Waals surface area (Å²) in [4.78, 5) is 13.6. The summed E-state index contributed by atoms with van der Waals surface area (Å²) in [7, 11) is 0. The number of carbonyl (C=O) groups excluding carboxylic acids is 1. The number of nitrogens with zero attached hydrogens (tertiary/aromatic N) is 1. The van der Waals surface area contributed by atoms with Gasteiger partial charge in [-0.2, -0.15) is 0 Å². The van der Waals surface area contributed by atoms with Crippen LogP contribution < -0.4 is 5.73 Å². The lowest BCUT2D eigenvalue weighted by Crippen LogP contribution is -2.34. The van der Waals surface area contributed by atoms with Crippen molar-refractivity contribution < 1.29 is 4.79 Å². The number of hydrogen-bond donors (Lipinski definition) is 1. The predicted octanol–water partition coefficient (Wildman–Crippen LogP) is 2.19. The van der Waals surface area contributed by atoms with Gasteiger partial charge in [-0.1, -0.05) is 26.7 Å². The Hall–Kier alpha value is -0.280. The van der Waals surface area contributed by atoms with Gasteiger partial charge in [0.15, 0.2) is 0 Å². The van der Waals surface area contributed by atoms with E-state index in [9.17, 15) is 4.79 Å². The van der Waals surface area contributed by atoms with Crippen LogP contribution in [0.15, 0.2) is 0 Å². The largest absolute Gasteiger partial charge is 0.343 e. The second kappa shape index (κ2) is 11.8. The first-order valence-corrected chi connectivity index (χ1v) is 5.74. The van der Waals surface area contributed by atoms with Gasteiger partial charge in [-0.3, -0.25) is 4.79 Å². The van der Waals surface area contributed by atoms with Crippen molar-refractivity contribution in [1.29, 1.82) is 0 Å². The first-order chi connectivity index (χ1) is 6.76. The molecule has 0 heterocycles. The smallest absolute Gasteiger partial charge is 0.223 e. The highest BCUT2D eigenvalue weighted by Gasteiger charge is 2.10. The zero-order chi connectivity index (χ0) is 10.8. The predicted molar refractivity (Wildman–Crippen MR) is 67.3 cm³/mol. The molecule has 3 nitrogen and oxygen atoms in total. The molecule has 0 aliphatic carbocycles. The first kappa shape index (κ1) is 17.1. The number of halogens is 1. The van der Waals surface area contributed by atoms with Crippen molar-refractivity contribution in [3.63, 3.8) is 0 Å². The molecule has 1 amide bonds. The van der Waals surface area contributed by atoms with Crippen LogP contribution in [0.2, 0.25) is 0 Å². The van der Waals surface area contributed by atoms with Gasteiger partial charge >= 0.3 is 0 Å². The normalized spacial score (nSPS) is 9.53. The molecule has 0 bridgehead atoms. The monoisotopic (exact) mass is 236 g/mol. The van der Waals surface area contributed by atoms with Crippen LogP contribution in [0.1, 0.15) is 46.0 Å². The minimum atomic E-state index is 0. The number of rotatable bonds is 8. The van der Waals surface area contributed by atoms with Gasteiger partial charge in [0.2, 0.25) is 5.91 Å². The molecule has 4 heteroatoms. The average Bonchev–Trinajstić information content (AvgIpc) is 2.18. The zero-order valence-corrected chi connectivity index (χ0v) is 10.8. The van der Waals surface area contributed by atoms with E-state index in [1.807, 2.05) is 4.90 Å². The number of carbonyl (C=O) groups is 1. The van der Waals surface area contributed by atoms with Crippen molar-refractivity contribution >= 4 is 18.3 Å². The van der Waals surface area contributed by atoms with Crippen LogP contribution in [-0.2, 0) is 4.79 Å². The van der Waals surface area contributed by atoms with Gasteiger partial charge in [0, 0.05) is 26.1 Å². The summed E-state index contributed by atoms with van der Waals surface area (Å²) in [6, 6.07) is 0. The molecule has 0 aromatic heterocycles. The number of hydrogen-bond acceptors (Lipinski definition) is 2. The highest BCUT2D eigenvalue weighted by molar-refractivity contribution is 5.85. The van der Waals surface area contributed by atoms with Crippen LogP contribution in [0, 0.1) is 0 Å². The summed E-state index contributed by atoms with van der Waals surface area (Å²) in [5.41, 5.74) is 5.38. The first-order valence-electron chi connectivity index (χ1n) is 5.74. The molecule has 0 aliphatic heterocycles. The van der Waals surface area contributed by atoms with Gasteiger partial charge in [0.25, 0.3) is 0 Å². The molecule has 0 atom stereocenters. The minimum Gasteiger partial charge on any atom is -0.343 e. The van der Waals surface area contributed by atoms with E-state index < -0.39 is 0 Å². The van der Waals surface area contributed by atoms with Crippen molar-refractivity contribution in [2.75, 3.05) is 19.6 Å². The Kier molecular flexibility index (Phi) is 13.5. The van der Waals surface area contributed by atoms with Crippen molar-refractivity contribution in [3.05, 3.63) is 0 Å². The lowest BCUT2D eigenvalue weighted by Gasteiger charge is -2.22. The van der Waals surface area contributed by atoms with Crippen LogP contribution in [0.3, 0.4) is 0 Å². The van der Waals surface area contributed by atoms with E-state index in [0.717, 1.165) is 38.8 Å². The molecule has 0 spiro atoms. The second-order valence-corrected chi connectivity index (χ2v) is 3.63. The van der Waals surface area contributed by atoms with E-state index in [4.69, 9.17) is 5.73 Å². The fourth-order valence-electron chi connectivity index (χ4n) is 1.34. The SMILES string of the molecule is CCCCN(CCCC)C(=O)CCN.Cl. The molecule has 15 heavy (non-hydrogen) atoms. The Morgan fingerprint density at radius 2 is 1.60 bits per heavy atom. The molecule has 0 aromatic carbocycles. The number of nitrogens with two attached hydrogens (primary N) is 1. The average molecular weight is 237 g/mol. The Morgan fingerprint density at radius 3 is 1.93 bits per heavy atom. The molecule has 0 radical (unpaired) electrons. The molecular formula is C11H25ClN2O. The topological polar surface area (TPSA) is 46.3 Å². The molecule has 0 aromatic rings. The van der Waals surface area contributed by atoms with E-state index in [1.54, 1.807) is 0 Å². The standard InChI is InChI=1S/C11H24N2O.ClH/c1-3-5-9-13(10-6-4-2)11(14)7-8-12;/h3-10,12H2,1-2H3;1H. The van der Waals surface area contributed by atoms with Crippen molar-refractivity contribution in [1.82, 2.24) is 4.90 Å². The van der Waals surface area contributed by atoms with E-state index >= 15 is 0 Å². The molecule has 0 rings (SSSR count). The van der Waals surface area contributed by atoms with Gasteiger partial charge in [-0.05, 0) is 12.8 Å². The summed E-state index contributed by atoms with van der Waals surface area (Å²) < 4.78 is 0. The summed E-state index contributed by atoms with van der Waals surface area (Å²) in [5, 5.41) is 0. The van der Waals surface area contributed by atoms with Crippen LogP contribution >= 0.6 is 12.4 Å². The van der Waals surface area contributed by atoms with Crippen LogP contribution in [0.5, 0.6) is 0 Å². The summed E-state index contributed by atoms with van der Waals surface area (Å²) in [6.45, 7) is 6.55. The van der Waals surface area contributed by atoms with Crippen molar-refractivity contribution in [3.8, 4) is 0 Å². The van der Waals surface area contributed by atoms with Gasteiger partial charge in [-0.15, -0.1) is 12.4 Å². The van der Waals surface area contributed by atoms with Gasteiger partial charge in [0.05, 0.1) is 0 Å². The third-order valence-electron chi connectivity index (χ3n) is 2.27. The highest BCUT2D eigenvalue weighted by atomic mass is 35.5. The molecule has 0 unspecified atom stereocenters. The second-order valence-electron chi connectivity index (χ2n) is 3.63. The summed E-state index contributed by atoms with van der Waals surface area (Å²) in [6.07, 6.45) is 4.96. The molecule has 2 N–H and O–H groups in total. The quantitative estimate of drug-likeness (QED) is 0.702. The Balaban J connectivity index is 0. The summed E-state index contributed by atoms with van der Waals surface area (Å²) in [5.74, 6) is 0.217. The zero-order valence-electron chi connectivity index (χ0n) is 10.00. The van der Waals surface area contributed by atoms with E-state index in [-0.39, 0.29) is 18.3 Å². The lowest BCUT2D eigenvalue weighted by molar-refractivity contribution is -0.131. The molecule has 0 saturated carbocycles. The van der Waals surface area contributed by atoms with Gasteiger partial charge < -0.3 is 10.6 Å². The van der Waals surface area contributed by atoms with Crippen LogP contribution in [0.4, 0.5) is 0 Å². The van der Waals surface area contributed by atoms with Crippen molar-refractivity contribution in [2.45, 2.75) is 46.0 Å². The van der Waals surface area contributed by atoms with E-state index in [0.29, 0.717) is 13.0 Å². The third-order valence-corrected chi connectivity index (χ3v) is 2.27. The Bertz CT molecular complexity index is 146. The Labute approximate surface area is 99.8 Å². The summed E-state index contributed by atoms with van der Waals surface area (Å²) >= 11 is 0. The third kappa shape index (κ3) is 8.70.